The zero-order valence-electron chi connectivity index (χ0n) is 13.7. The minimum Gasteiger partial charge on any atom is -0.481 e. The molecule has 23 heavy (non-hydrogen) atoms. The Kier molecular flexibility index (Phi) is 5.36. The molecule has 0 unspecified atom stereocenters. The number of thiophene rings is 1. The quantitative estimate of drug-likeness (QED) is 0.860. The van der Waals surface area contributed by atoms with Crippen LogP contribution in [0.5, 0.6) is 0 Å². The molecule has 128 valence electrons. The highest BCUT2D eigenvalue weighted by molar-refractivity contribution is 7.09. The van der Waals surface area contributed by atoms with Crippen molar-refractivity contribution in [3.63, 3.8) is 0 Å². The predicted octanol–water partition coefficient (Wildman–Crippen LogP) is 1.99. The average molecular weight is 338 g/mol. The van der Waals surface area contributed by atoms with Gasteiger partial charge < -0.3 is 9.84 Å². The lowest BCUT2D eigenvalue weighted by Gasteiger charge is -2.29. The summed E-state index contributed by atoms with van der Waals surface area (Å²) in [6, 6.07) is 4.25. The van der Waals surface area contributed by atoms with Crippen molar-refractivity contribution < 1.29 is 14.6 Å². The molecule has 0 aromatic carbocycles. The third kappa shape index (κ3) is 3.60. The summed E-state index contributed by atoms with van der Waals surface area (Å²) in [5.41, 5.74) is -0.571. The number of carboxylic acid groups (broad SMARTS) is 1. The van der Waals surface area contributed by atoms with Gasteiger partial charge in [-0.2, -0.15) is 0 Å². The summed E-state index contributed by atoms with van der Waals surface area (Å²) in [5.74, 6) is -0.403. The SMILES string of the molecule is COCCN1C[C@H]2CN(Cc3cccs3)CCC[C@@]2(C(=O)O)C1. The average Bonchev–Trinajstić information content (AvgIpc) is 3.11. The van der Waals surface area contributed by atoms with Crippen molar-refractivity contribution in [1.82, 2.24) is 9.80 Å². The van der Waals surface area contributed by atoms with Gasteiger partial charge in [0.05, 0.1) is 12.0 Å². The van der Waals surface area contributed by atoms with Crippen molar-refractivity contribution in [2.24, 2.45) is 11.3 Å². The van der Waals surface area contributed by atoms with Crippen LogP contribution in [-0.4, -0.2) is 67.3 Å². The maximum Gasteiger partial charge on any atom is 0.311 e. The molecule has 3 heterocycles. The summed E-state index contributed by atoms with van der Waals surface area (Å²) < 4.78 is 5.17. The molecule has 6 heteroatoms. The van der Waals surface area contributed by atoms with Gasteiger partial charge in [-0.1, -0.05) is 6.07 Å². The van der Waals surface area contributed by atoms with Crippen LogP contribution in [0.1, 0.15) is 17.7 Å². The van der Waals surface area contributed by atoms with E-state index in [0.717, 1.165) is 45.6 Å². The van der Waals surface area contributed by atoms with Gasteiger partial charge in [0.25, 0.3) is 0 Å². The molecule has 0 aliphatic carbocycles. The zero-order valence-corrected chi connectivity index (χ0v) is 14.6. The van der Waals surface area contributed by atoms with Crippen molar-refractivity contribution >= 4 is 17.3 Å². The lowest BCUT2D eigenvalue weighted by Crippen LogP contribution is -2.41. The van der Waals surface area contributed by atoms with Gasteiger partial charge in [0.15, 0.2) is 0 Å². The molecular weight excluding hydrogens is 312 g/mol. The smallest absolute Gasteiger partial charge is 0.311 e. The molecule has 2 fully saturated rings. The first-order valence-electron chi connectivity index (χ1n) is 8.33. The monoisotopic (exact) mass is 338 g/mol. The van der Waals surface area contributed by atoms with Crippen LogP contribution in [0.2, 0.25) is 0 Å². The molecule has 0 amide bonds. The van der Waals surface area contributed by atoms with E-state index < -0.39 is 11.4 Å². The fourth-order valence-corrected chi connectivity index (χ4v) is 4.87. The van der Waals surface area contributed by atoms with E-state index in [0.29, 0.717) is 13.2 Å². The third-order valence-electron chi connectivity index (χ3n) is 5.34. The number of carbonyl (C=O) groups is 1. The van der Waals surface area contributed by atoms with E-state index >= 15 is 0 Å². The van der Waals surface area contributed by atoms with Crippen LogP contribution < -0.4 is 0 Å². The van der Waals surface area contributed by atoms with Gasteiger partial charge in [-0.05, 0) is 30.8 Å². The van der Waals surface area contributed by atoms with Crippen molar-refractivity contribution in [3.8, 4) is 0 Å². The minimum absolute atomic E-state index is 0.208. The van der Waals surface area contributed by atoms with E-state index in [2.05, 4.69) is 27.3 Å². The number of fused-ring (bicyclic) bond motifs is 1. The van der Waals surface area contributed by atoms with Crippen molar-refractivity contribution in [1.29, 1.82) is 0 Å². The van der Waals surface area contributed by atoms with Gasteiger partial charge in [0.1, 0.15) is 0 Å². The second kappa shape index (κ2) is 7.30. The van der Waals surface area contributed by atoms with Crippen molar-refractivity contribution in [3.05, 3.63) is 22.4 Å². The third-order valence-corrected chi connectivity index (χ3v) is 6.20. The van der Waals surface area contributed by atoms with Crippen molar-refractivity contribution in [2.75, 3.05) is 46.4 Å². The van der Waals surface area contributed by atoms with Gasteiger partial charge in [-0.25, -0.2) is 0 Å². The maximum atomic E-state index is 12.1. The summed E-state index contributed by atoms with van der Waals surface area (Å²) in [5, 5.41) is 12.0. The highest BCUT2D eigenvalue weighted by Gasteiger charge is 2.53. The second-order valence-electron chi connectivity index (χ2n) is 6.80. The first-order valence-corrected chi connectivity index (χ1v) is 9.21. The van der Waals surface area contributed by atoms with E-state index in [1.807, 2.05) is 0 Å². The Labute approximate surface area is 141 Å². The Hall–Kier alpha value is -0.950. The number of carboxylic acids is 1. The number of likely N-dealkylation sites (tertiary alicyclic amines) is 2. The van der Waals surface area contributed by atoms with Gasteiger partial charge in [0, 0.05) is 50.6 Å². The van der Waals surface area contributed by atoms with Crippen LogP contribution in [0.3, 0.4) is 0 Å². The van der Waals surface area contributed by atoms with Gasteiger partial charge in [0.2, 0.25) is 0 Å². The maximum absolute atomic E-state index is 12.1. The molecule has 1 aromatic rings. The minimum atomic E-state index is -0.611. The largest absolute Gasteiger partial charge is 0.481 e. The van der Waals surface area contributed by atoms with E-state index in [9.17, 15) is 9.90 Å². The lowest BCUT2D eigenvalue weighted by molar-refractivity contribution is -0.151. The van der Waals surface area contributed by atoms with Gasteiger partial charge >= 0.3 is 5.97 Å². The standard InChI is InChI=1S/C17H26N2O3S/c1-22-8-7-19-11-14-10-18(12-15-4-2-9-23-15)6-3-5-17(14,13-19)16(20)21/h2,4,9,14H,3,5-8,10-13H2,1H3,(H,20,21)/t14-,17-/m1/s1. The number of methoxy groups -OCH3 is 1. The summed E-state index contributed by atoms with van der Waals surface area (Å²) >= 11 is 1.78. The fraction of sp³-hybridized carbons (Fsp3) is 0.706. The summed E-state index contributed by atoms with van der Waals surface area (Å²) in [7, 11) is 1.70. The first kappa shape index (κ1) is 16.9. The normalized spacial score (nSPS) is 29.3. The van der Waals surface area contributed by atoms with Crippen LogP contribution in [0.25, 0.3) is 0 Å². The Balaban J connectivity index is 1.71. The molecule has 1 N–H and O–H groups in total. The molecule has 2 aliphatic rings. The molecule has 0 radical (unpaired) electrons. The number of ether oxygens (including phenoxy) is 1. The van der Waals surface area contributed by atoms with E-state index in [1.54, 1.807) is 18.4 Å². The summed E-state index contributed by atoms with van der Waals surface area (Å²) in [6.45, 7) is 5.87. The lowest BCUT2D eigenvalue weighted by atomic mass is 9.75. The number of nitrogens with zero attached hydrogens (tertiary/aromatic N) is 2. The molecule has 1 aromatic heterocycles. The number of hydrogen-bond donors (Lipinski definition) is 1. The molecule has 2 aliphatic heterocycles. The van der Waals surface area contributed by atoms with E-state index in [1.165, 1.54) is 4.88 Å². The molecule has 3 rings (SSSR count). The first-order chi connectivity index (χ1) is 11.1. The van der Waals surface area contributed by atoms with Gasteiger partial charge in [-0.3, -0.25) is 14.6 Å². The number of hydrogen-bond acceptors (Lipinski definition) is 5. The molecule has 2 saturated heterocycles. The zero-order chi connectivity index (χ0) is 16.3. The molecule has 0 bridgehead atoms. The van der Waals surface area contributed by atoms with Crippen molar-refractivity contribution in [2.45, 2.75) is 19.4 Å². The fourth-order valence-electron chi connectivity index (χ4n) is 4.12. The highest BCUT2D eigenvalue weighted by Crippen LogP contribution is 2.43. The summed E-state index contributed by atoms with van der Waals surface area (Å²) in [4.78, 5) is 18.2. The highest BCUT2D eigenvalue weighted by atomic mass is 32.1. The van der Waals surface area contributed by atoms with Crippen LogP contribution in [-0.2, 0) is 16.1 Å². The Morgan fingerprint density at radius 1 is 1.48 bits per heavy atom. The number of rotatable bonds is 6. The van der Waals surface area contributed by atoms with E-state index in [4.69, 9.17) is 4.74 Å². The molecule has 0 saturated carbocycles. The predicted molar refractivity (Wildman–Crippen MR) is 90.7 cm³/mol. The Morgan fingerprint density at radius 3 is 3.00 bits per heavy atom. The van der Waals surface area contributed by atoms with Crippen LogP contribution in [0.15, 0.2) is 17.5 Å². The molecule has 0 spiro atoms. The molecule has 2 atom stereocenters. The van der Waals surface area contributed by atoms with Crippen LogP contribution in [0, 0.1) is 11.3 Å². The summed E-state index contributed by atoms with van der Waals surface area (Å²) in [6.07, 6.45) is 1.75. The van der Waals surface area contributed by atoms with Gasteiger partial charge in [-0.15, -0.1) is 11.3 Å². The Bertz CT molecular complexity index is 522. The number of aliphatic carboxylic acids is 1. The molecular formula is C17H26N2O3S. The molecule has 5 nitrogen and oxygen atoms in total. The van der Waals surface area contributed by atoms with E-state index in [-0.39, 0.29) is 5.92 Å². The Morgan fingerprint density at radius 2 is 2.30 bits per heavy atom. The van der Waals surface area contributed by atoms with Crippen LogP contribution in [0.4, 0.5) is 0 Å². The topological polar surface area (TPSA) is 53.0 Å². The second-order valence-corrected chi connectivity index (χ2v) is 7.84. The van der Waals surface area contributed by atoms with Crippen LogP contribution >= 0.6 is 11.3 Å².